The summed E-state index contributed by atoms with van der Waals surface area (Å²) >= 11 is 4.21. The molecule has 0 unspecified atom stereocenters. The van der Waals surface area contributed by atoms with Crippen molar-refractivity contribution in [2.45, 2.75) is 105 Å². The molecule has 2 saturated carbocycles. The van der Waals surface area contributed by atoms with Crippen LogP contribution in [0.2, 0.25) is 0 Å². The fraction of sp³-hybridized carbons (Fsp3) is 0.411. The molecule has 4 aliphatic heterocycles. The minimum Gasteiger partial charge on any atom is -0.493 e. The average molecular weight is 2030 g/mol. The summed E-state index contributed by atoms with van der Waals surface area (Å²) < 4.78 is 147. The fourth-order valence-corrected chi connectivity index (χ4v) is 22.6. The molecule has 6 aliphatic rings. The maximum atomic E-state index is 13.9. The van der Waals surface area contributed by atoms with Gasteiger partial charge in [-0.2, -0.15) is 0 Å². The molecule has 3 N–H and O–H groups in total. The molecular formula is C90H102N8O30S8. The van der Waals surface area contributed by atoms with Crippen LogP contribution in [0.4, 0.5) is 20.0 Å². The average Bonchev–Trinajstić information content (AvgIpc) is 1.60. The molecule has 8 heterocycles. The molecule has 8 aromatic rings. The number of anilines is 4. The molecule has 13 amide bonds. The number of nitrogens with one attached hydrogen (secondary N) is 3. The first-order valence-electron chi connectivity index (χ1n) is 42.2. The van der Waals surface area contributed by atoms with Gasteiger partial charge in [0.05, 0.1) is 147 Å². The van der Waals surface area contributed by atoms with Crippen molar-refractivity contribution in [3.05, 3.63) is 161 Å². The van der Waals surface area contributed by atoms with Crippen LogP contribution in [0, 0.1) is 17.3 Å². The molecule has 0 radical (unpaired) electrons. The van der Waals surface area contributed by atoms with Gasteiger partial charge in [0.25, 0.3) is 53.2 Å². The largest absolute Gasteiger partial charge is 0.493 e. The first-order chi connectivity index (χ1) is 64.0. The molecule has 4 aromatic carbocycles. The normalized spacial score (nSPS) is 15.4. The first-order valence-corrected chi connectivity index (χ1v) is 53.9. The van der Waals surface area contributed by atoms with Gasteiger partial charge in [-0.15, -0.1) is 45.3 Å². The van der Waals surface area contributed by atoms with Gasteiger partial charge in [0.1, 0.15) is 66.0 Å². The third-order valence-corrected chi connectivity index (χ3v) is 28.8. The quantitative estimate of drug-likeness (QED) is 0.0307. The number of carbonyl (C=O) groups is 13. The van der Waals surface area contributed by atoms with E-state index in [0.717, 1.165) is 94.9 Å². The lowest BCUT2D eigenvalue weighted by atomic mass is 9.96. The Labute approximate surface area is 801 Å². The highest BCUT2D eigenvalue weighted by molar-refractivity contribution is 7.91. The Kier molecular flexibility index (Phi) is 32.8. The van der Waals surface area contributed by atoms with Crippen LogP contribution in [0.15, 0.2) is 94.3 Å². The zero-order chi connectivity index (χ0) is 100. The Hall–Kier alpha value is -12.1. The molecule has 14 rings (SSSR count). The summed E-state index contributed by atoms with van der Waals surface area (Å²) in [5.41, 5.74) is 1.46. The van der Waals surface area contributed by atoms with Crippen molar-refractivity contribution in [2.24, 2.45) is 17.3 Å². The van der Waals surface area contributed by atoms with E-state index in [-0.39, 0.29) is 107 Å². The molecule has 38 nitrogen and oxygen atoms in total. The predicted octanol–water partition coefficient (Wildman–Crippen LogP) is 11.4. The van der Waals surface area contributed by atoms with Crippen molar-refractivity contribution in [3.63, 3.8) is 0 Å². The van der Waals surface area contributed by atoms with Gasteiger partial charge in [-0.3, -0.25) is 81.9 Å². The Morgan fingerprint density at radius 3 is 0.904 bits per heavy atom. The second kappa shape index (κ2) is 42.7. The second-order valence-electron chi connectivity index (χ2n) is 33.0. The number of ether oxygens (including phenoxy) is 9. The Morgan fingerprint density at radius 2 is 0.654 bits per heavy atom. The lowest BCUT2D eigenvalue weighted by Gasteiger charge is -2.27. The van der Waals surface area contributed by atoms with Crippen molar-refractivity contribution in [3.8, 4) is 46.0 Å². The van der Waals surface area contributed by atoms with Crippen LogP contribution in [-0.4, -0.2) is 247 Å². The Morgan fingerprint density at radius 1 is 0.390 bits per heavy atom. The minimum atomic E-state index is -3.66. The zero-order valence-electron chi connectivity index (χ0n) is 77.1. The third-order valence-electron chi connectivity index (χ3n) is 21.5. The van der Waals surface area contributed by atoms with E-state index in [1.54, 1.807) is 121 Å². The van der Waals surface area contributed by atoms with E-state index >= 15 is 0 Å². The SMILES string of the molecule is CCOc1cc([C@@H](CS(C)(=O)=O)N2C(=O)c3csc(N(C(=O)C4CC4)C(=O)C4CC4)c3C2=O)ccc1OC.CCOc1cc([C@@H](CS(C)(=O)=O)N2C(=O)c3csc(NC(=O)C(C)(C)C)c3C2=O)ccc1OC.CCOc1cc([C@@H](CS(C)(=O)=O)N2C(=O)c3csc(NC(=O)COC)c3C2=O)ccc1OC.CCOc1cc([C@@H](CS(C)(=O)=O)N2C(=O)c3csc(NC(C)=O)c3C2=O)ccc1OC. The van der Waals surface area contributed by atoms with Gasteiger partial charge < -0.3 is 58.6 Å². The summed E-state index contributed by atoms with van der Waals surface area (Å²) in [4.78, 5) is 174. The number of thiophene rings is 4. The molecule has 0 spiro atoms. The number of fused-ring (bicyclic) bond motifs is 4. The summed E-state index contributed by atoms with van der Waals surface area (Å²) in [6.07, 6.45) is 6.85. The van der Waals surface area contributed by atoms with E-state index in [4.69, 9.17) is 42.6 Å². The van der Waals surface area contributed by atoms with Crippen LogP contribution in [-0.2, 0) is 68.1 Å². The summed E-state index contributed by atoms with van der Waals surface area (Å²) in [5, 5.41) is 14.6. The molecule has 2 fully saturated rings. The highest BCUT2D eigenvalue weighted by Gasteiger charge is 2.52. The number of benzene rings is 4. The number of imide groups is 5. The highest BCUT2D eigenvalue weighted by atomic mass is 32.2. The first kappa shape index (κ1) is 104. The number of methoxy groups -OCH3 is 5. The van der Waals surface area contributed by atoms with Crippen molar-refractivity contribution in [1.29, 1.82) is 0 Å². The molecule has 730 valence electrons. The predicted molar refractivity (Wildman–Crippen MR) is 507 cm³/mol. The van der Waals surface area contributed by atoms with Crippen LogP contribution in [0.25, 0.3) is 0 Å². The Bertz CT molecular complexity index is 6560. The van der Waals surface area contributed by atoms with Gasteiger partial charge >= 0.3 is 0 Å². The fourth-order valence-electron chi connectivity index (χ4n) is 15.0. The number of amides is 13. The molecule has 0 bridgehead atoms. The molecule has 4 atom stereocenters. The molecule has 0 saturated heterocycles. The van der Waals surface area contributed by atoms with Gasteiger partial charge in [0, 0.05) is 77.8 Å². The molecular weight excluding hydrogens is 1930 g/mol. The van der Waals surface area contributed by atoms with E-state index in [0.29, 0.717) is 120 Å². The van der Waals surface area contributed by atoms with E-state index in [1.807, 2.05) is 0 Å². The van der Waals surface area contributed by atoms with Crippen LogP contribution in [0.3, 0.4) is 0 Å². The number of carbonyl (C=O) groups excluding carboxylic acids is 13. The number of hydrogen-bond acceptors (Lipinski definition) is 34. The van der Waals surface area contributed by atoms with Gasteiger partial charge in [-0.05, 0) is 124 Å². The van der Waals surface area contributed by atoms with Crippen molar-refractivity contribution < 1.29 is 139 Å². The molecule has 4 aromatic heterocycles. The van der Waals surface area contributed by atoms with Crippen LogP contribution < -0.4 is 58.7 Å². The highest BCUT2D eigenvalue weighted by Crippen LogP contribution is 2.50. The molecule has 46 heteroatoms. The van der Waals surface area contributed by atoms with E-state index in [1.165, 1.54) is 64.0 Å². The van der Waals surface area contributed by atoms with E-state index in [9.17, 15) is 96.0 Å². The molecule has 136 heavy (non-hydrogen) atoms. The lowest BCUT2D eigenvalue weighted by molar-refractivity contribution is -0.128. The summed E-state index contributed by atoms with van der Waals surface area (Å²) in [6.45, 7) is 14.7. The van der Waals surface area contributed by atoms with Crippen LogP contribution >= 0.6 is 45.3 Å². The van der Waals surface area contributed by atoms with Crippen molar-refractivity contribution >= 4 is 181 Å². The number of rotatable bonds is 36. The molecule has 2 aliphatic carbocycles. The topological polar surface area (TPSA) is 494 Å². The third kappa shape index (κ3) is 23.6. The monoisotopic (exact) mass is 2030 g/mol. The van der Waals surface area contributed by atoms with Crippen LogP contribution in [0.1, 0.15) is 210 Å². The summed E-state index contributed by atoms with van der Waals surface area (Å²) in [7, 11) is -7.21. The van der Waals surface area contributed by atoms with Crippen molar-refractivity contribution in [1.82, 2.24) is 19.6 Å². The van der Waals surface area contributed by atoms with E-state index < -0.39 is 145 Å². The van der Waals surface area contributed by atoms with Gasteiger partial charge in [-0.1, -0.05) is 45.0 Å². The smallest absolute Gasteiger partial charge is 0.265 e. The number of nitrogens with zero attached hydrogens (tertiary/aromatic N) is 5. The second-order valence-corrected chi connectivity index (χ2v) is 45.3. The lowest BCUT2D eigenvalue weighted by Crippen LogP contribution is -2.40. The number of hydrogen-bond donors (Lipinski definition) is 3. The van der Waals surface area contributed by atoms with Gasteiger partial charge in [0.2, 0.25) is 23.6 Å². The maximum Gasteiger partial charge on any atom is 0.265 e. The summed E-state index contributed by atoms with van der Waals surface area (Å²) in [5.74, 6) is -6.48. The van der Waals surface area contributed by atoms with Crippen LogP contribution in [0.5, 0.6) is 46.0 Å². The van der Waals surface area contributed by atoms with Gasteiger partial charge in [0.15, 0.2) is 46.0 Å². The Balaban J connectivity index is 0.000000175. The summed E-state index contributed by atoms with van der Waals surface area (Å²) in [6, 6.07) is 14.6. The van der Waals surface area contributed by atoms with Gasteiger partial charge in [-0.25, -0.2) is 38.6 Å². The van der Waals surface area contributed by atoms with E-state index in [2.05, 4.69) is 16.0 Å². The standard InChI is InChI=1S/C26H28N2O8S2.C23H28N2O7S2.C21H24N2O8S2.C20H22N2O7S2/c1-4-36-20-11-16(9-10-19(20)35-2)18(13-38(3,33)34)27-24(31)17-12-37-26(21(17)25(27)32)28(22(29)14-5-6-14)23(30)15-7-8-15;1-7-32-17-10-13(8-9-16(17)31-5)15(12-34(6,29)30)25-20(26)14-11-33-19(18(14)21(25)27)24-22(28)23(2,3)4;1-5-31-16-8-12(6-7-15(16)30-3)14(11-33(4,27)28)23-20(25)13-10-32-19(18(13)21(23)26)22-17(24)9-29-2;1-5-29-16-8-12(6-7-15(16)28-3)14(10-31(4,26)27)22-19(24)13-9-30-18(21-11(2)23)17(13)20(22)25/h9-12,14-15,18H,4-8,13H2,1-3H3;8-11,15H,7,12H2,1-6H3,(H,24,28);6-8,10,14H,5,9,11H2,1-4H3,(H,22,24);6-9,14H,5,10H2,1-4H3,(H,21,23)/t18-;15-;2*14-/m1111/s1. The minimum absolute atomic E-state index is 0.0277. The zero-order valence-corrected chi connectivity index (χ0v) is 83.7. The number of sulfone groups is 4. The van der Waals surface area contributed by atoms with Crippen molar-refractivity contribution in [2.75, 3.05) is 137 Å². The maximum absolute atomic E-state index is 13.9.